The molecule has 0 aromatic heterocycles. The van der Waals surface area contributed by atoms with Gasteiger partial charge in [-0.3, -0.25) is 9.69 Å². The van der Waals surface area contributed by atoms with Crippen molar-refractivity contribution in [3.63, 3.8) is 0 Å². The first-order valence-electron chi connectivity index (χ1n) is 6.02. The predicted octanol–water partition coefficient (Wildman–Crippen LogP) is -0.0643. The van der Waals surface area contributed by atoms with Crippen LogP contribution in [0.4, 0.5) is 0 Å². The van der Waals surface area contributed by atoms with E-state index in [9.17, 15) is 4.79 Å². The standard InChI is InChI=1S/C11H21N3O/c12-7-10(9-3-1-2-4-9)14-6-5-13-11(15)8-14/h9-10H,1-8,12H2,(H,13,15). The quantitative estimate of drug-likeness (QED) is 0.687. The Morgan fingerprint density at radius 1 is 1.47 bits per heavy atom. The number of piperazine rings is 1. The third-order valence-electron chi connectivity index (χ3n) is 3.72. The van der Waals surface area contributed by atoms with Crippen LogP contribution in [0.2, 0.25) is 0 Å². The largest absolute Gasteiger partial charge is 0.354 e. The van der Waals surface area contributed by atoms with Crippen molar-refractivity contribution in [2.24, 2.45) is 11.7 Å². The third-order valence-corrected chi connectivity index (χ3v) is 3.72. The van der Waals surface area contributed by atoms with Gasteiger partial charge in [-0.1, -0.05) is 12.8 Å². The normalized spacial score (nSPS) is 26.6. The lowest BCUT2D eigenvalue weighted by Crippen LogP contribution is -2.55. The maximum absolute atomic E-state index is 11.3. The number of nitrogens with zero attached hydrogens (tertiary/aromatic N) is 1. The van der Waals surface area contributed by atoms with Crippen LogP contribution >= 0.6 is 0 Å². The number of amides is 1. The fourth-order valence-corrected chi connectivity index (χ4v) is 2.92. The molecule has 1 heterocycles. The zero-order valence-corrected chi connectivity index (χ0v) is 9.24. The van der Waals surface area contributed by atoms with Crippen LogP contribution in [-0.2, 0) is 4.79 Å². The molecule has 0 bridgehead atoms. The molecular formula is C11H21N3O. The highest BCUT2D eigenvalue weighted by Crippen LogP contribution is 2.30. The molecule has 3 N–H and O–H groups in total. The molecule has 0 spiro atoms. The maximum atomic E-state index is 11.3. The summed E-state index contributed by atoms with van der Waals surface area (Å²) < 4.78 is 0. The Labute approximate surface area is 91.2 Å². The summed E-state index contributed by atoms with van der Waals surface area (Å²) >= 11 is 0. The first-order valence-corrected chi connectivity index (χ1v) is 6.02. The minimum absolute atomic E-state index is 0.151. The van der Waals surface area contributed by atoms with Crippen LogP contribution in [-0.4, -0.2) is 43.0 Å². The number of rotatable bonds is 3. The van der Waals surface area contributed by atoms with Crippen LogP contribution in [0.3, 0.4) is 0 Å². The number of hydrogen-bond acceptors (Lipinski definition) is 3. The van der Waals surface area contributed by atoms with Gasteiger partial charge in [0.25, 0.3) is 0 Å². The molecule has 0 aromatic carbocycles. The smallest absolute Gasteiger partial charge is 0.234 e. The van der Waals surface area contributed by atoms with Crippen LogP contribution < -0.4 is 11.1 Å². The van der Waals surface area contributed by atoms with Crippen molar-refractivity contribution >= 4 is 5.91 Å². The van der Waals surface area contributed by atoms with Crippen molar-refractivity contribution in [1.82, 2.24) is 10.2 Å². The number of hydrogen-bond donors (Lipinski definition) is 2. The summed E-state index contributed by atoms with van der Waals surface area (Å²) in [5, 5.41) is 2.86. The van der Waals surface area contributed by atoms with E-state index in [1.807, 2.05) is 0 Å². The van der Waals surface area contributed by atoms with Gasteiger partial charge in [0, 0.05) is 25.7 Å². The average Bonchev–Trinajstić information content (AvgIpc) is 2.72. The van der Waals surface area contributed by atoms with E-state index in [-0.39, 0.29) is 5.91 Å². The van der Waals surface area contributed by atoms with Crippen molar-refractivity contribution in [2.45, 2.75) is 31.7 Å². The second kappa shape index (κ2) is 4.94. The predicted molar refractivity (Wildman–Crippen MR) is 59.4 cm³/mol. The topological polar surface area (TPSA) is 58.4 Å². The number of nitrogens with one attached hydrogen (secondary N) is 1. The van der Waals surface area contributed by atoms with Gasteiger partial charge in [-0.2, -0.15) is 0 Å². The van der Waals surface area contributed by atoms with E-state index < -0.39 is 0 Å². The molecule has 0 aromatic rings. The number of carbonyl (C=O) groups excluding carboxylic acids is 1. The minimum Gasteiger partial charge on any atom is -0.354 e. The van der Waals surface area contributed by atoms with Gasteiger partial charge in [0.15, 0.2) is 0 Å². The van der Waals surface area contributed by atoms with Gasteiger partial charge in [-0.05, 0) is 18.8 Å². The Kier molecular flexibility index (Phi) is 3.59. The second-order valence-electron chi connectivity index (χ2n) is 4.67. The van der Waals surface area contributed by atoms with Gasteiger partial charge in [0.1, 0.15) is 0 Å². The summed E-state index contributed by atoms with van der Waals surface area (Å²) in [6.45, 7) is 2.97. The molecule has 2 aliphatic rings. The van der Waals surface area contributed by atoms with Gasteiger partial charge in [0.2, 0.25) is 5.91 Å². The van der Waals surface area contributed by atoms with E-state index in [1.165, 1.54) is 25.7 Å². The molecule has 2 fully saturated rings. The molecule has 1 aliphatic carbocycles. The lowest BCUT2D eigenvalue weighted by atomic mass is 9.96. The molecule has 1 atom stereocenters. The van der Waals surface area contributed by atoms with Crippen LogP contribution in [0.15, 0.2) is 0 Å². The van der Waals surface area contributed by atoms with Crippen molar-refractivity contribution in [3.05, 3.63) is 0 Å². The Morgan fingerprint density at radius 2 is 2.20 bits per heavy atom. The molecule has 1 amide bonds. The van der Waals surface area contributed by atoms with E-state index in [2.05, 4.69) is 10.2 Å². The molecule has 4 heteroatoms. The summed E-state index contributed by atoms with van der Waals surface area (Å²) in [4.78, 5) is 13.6. The van der Waals surface area contributed by atoms with Gasteiger partial charge < -0.3 is 11.1 Å². The van der Waals surface area contributed by atoms with Gasteiger partial charge in [0.05, 0.1) is 6.54 Å². The summed E-state index contributed by atoms with van der Waals surface area (Å²) in [6, 6.07) is 0.429. The molecule has 15 heavy (non-hydrogen) atoms. The monoisotopic (exact) mass is 211 g/mol. The Morgan fingerprint density at radius 3 is 2.80 bits per heavy atom. The van der Waals surface area contributed by atoms with Gasteiger partial charge >= 0.3 is 0 Å². The lowest BCUT2D eigenvalue weighted by molar-refractivity contribution is -0.125. The zero-order valence-electron chi connectivity index (χ0n) is 9.24. The fraction of sp³-hybridized carbons (Fsp3) is 0.909. The van der Waals surface area contributed by atoms with Crippen molar-refractivity contribution in [2.75, 3.05) is 26.2 Å². The van der Waals surface area contributed by atoms with Gasteiger partial charge in [-0.15, -0.1) is 0 Å². The SMILES string of the molecule is NCC(C1CCCC1)N1CCNC(=O)C1. The fourth-order valence-electron chi connectivity index (χ4n) is 2.92. The highest BCUT2D eigenvalue weighted by molar-refractivity contribution is 5.78. The Hall–Kier alpha value is -0.610. The van der Waals surface area contributed by atoms with Crippen LogP contribution in [0.5, 0.6) is 0 Å². The Bertz CT molecular complexity index is 226. The van der Waals surface area contributed by atoms with E-state index in [0.29, 0.717) is 19.1 Å². The summed E-state index contributed by atoms with van der Waals surface area (Å²) in [5.41, 5.74) is 5.86. The first kappa shape index (κ1) is 10.9. The third kappa shape index (κ3) is 2.49. The van der Waals surface area contributed by atoms with Gasteiger partial charge in [-0.25, -0.2) is 0 Å². The summed E-state index contributed by atoms with van der Waals surface area (Å²) in [7, 11) is 0. The molecule has 1 saturated heterocycles. The Balaban J connectivity index is 1.95. The molecule has 2 rings (SSSR count). The van der Waals surface area contributed by atoms with Crippen molar-refractivity contribution < 1.29 is 4.79 Å². The minimum atomic E-state index is 0.151. The summed E-state index contributed by atoms with van der Waals surface area (Å²) in [6.07, 6.45) is 5.25. The highest BCUT2D eigenvalue weighted by atomic mass is 16.2. The zero-order chi connectivity index (χ0) is 10.7. The van der Waals surface area contributed by atoms with Crippen LogP contribution in [0, 0.1) is 5.92 Å². The molecule has 0 radical (unpaired) electrons. The number of nitrogens with two attached hydrogens (primary N) is 1. The van der Waals surface area contributed by atoms with E-state index in [4.69, 9.17) is 5.73 Å². The van der Waals surface area contributed by atoms with E-state index in [0.717, 1.165) is 19.0 Å². The molecule has 86 valence electrons. The second-order valence-corrected chi connectivity index (χ2v) is 4.67. The molecule has 1 aliphatic heterocycles. The molecule has 1 unspecified atom stereocenters. The molecular weight excluding hydrogens is 190 g/mol. The van der Waals surface area contributed by atoms with E-state index >= 15 is 0 Å². The lowest BCUT2D eigenvalue weighted by Gasteiger charge is -2.36. The van der Waals surface area contributed by atoms with Crippen LogP contribution in [0.25, 0.3) is 0 Å². The number of carbonyl (C=O) groups is 1. The highest BCUT2D eigenvalue weighted by Gasteiger charge is 2.31. The molecule has 1 saturated carbocycles. The first-order chi connectivity index (χ1) is 7.31. The summed E-state index contributed by atoms with van der Waals surface area (Å²) in [5.74, 6) is 0.874. The average molecular weight is 211 g/mol. The van der Waals surface area contributed by atoms with Crippen molar-refractivity contribution in [1.29, 1.82) is 0 Å². The molecule has 4 nitrogen and oxygen atoms in total. The van der Waals surface area contributed by atoms with Crippen molar-refractivity contribution in [3.8, 4) is 0 Å². The van der Waals surface area contributed by atoms with Crippen LogP contribution in [0.1, 0.15) is 25.7 Å². The maximum Gasteiger partial charge on any atom is 0.234 e. The van der Waals surface area contributed by atoms with E-state index in [1.54, 1.807) is 0 Å².